The van der Waals surface area contributed by atoms with Gasteiger partial charge >= 0.3 is 0 Å². The zero-order chi connectivity index (χ0) is 14.5. The van der Waals surface area contributed by atoms with E-state index in [1.807, 2.05) is 30.5 Å². The number of amides is 1. The number of nitrogens with one attached hydrogen (secondary N) is 1. The fraction of sp³-hybridized carbons (Fsp3) is 0.308. The number of carbonyl (C=O) groups excluding carboxylic acids is 1. The Morgan fingerprint density at radius 2 is 2.30 bits per heavy atom. The smallest absolute Gasteiger partial charge is 0.234 e. The van der Waals surface area contributed by atoms with Crippen molar-refractivity contribution in [3.63, 3.8) is 0 Å². The van der Waals surface area contributed by atoms with Crippen molar-refractivity contribution in [3.05, 3.63) is 35.1 Å². The third-order valence-electron chi connectivity index (χ3n) is 2.65. The van der Waals surface area contributed by atoms with Crippen molar-refractivity contribution in [2.75, 3.05) is 11.1 Å². The van der Waals surface area contributed by atoms with Crippen LogP contribution in [0.25, 0.3) is 0 Å². The van der Waals surface area contributed by atoms with Crippen molar-refractivity contribution in [3.8, 4) is 0 Å². The zero-order valence-electron chi connectivity index (χ0n) is 11.3. The molecule has 1 aromatic heterocycles. The van der Waals surface area contributed by atoms with Gasteiger partial charge in [0.15, 0.2) is 5.16 Å². The summed E-state index contributed by atoms with van der Waals surface area (Å²) in [4.78, 5) is 11.9. The number of aryl methyl sites for hydroxylation is 2. The highest BCUT2D eigenvalue weighted by Crippen LogP contribution is 2.23. The summed E-state index contributed by atoms with van der Waals surface area (Å²) in [5, 5.41) is 11.8. The fourth-order valence-corrected chi connectivity index (χ4v) is 2.67. The molecule has 20 heavy (non-hydrogen) atoms. The lowest BCUT2D eigenvalue weighted by Crippen LogP contribution is -2.14. The lowest BCUT2D eigenvalue weighted by Gasteiger charge is -2.07. The van der Waals surface area contributed by atoms with Gasteiger partial charge in [-0.05, 0) is 31.5 Å². The minimum atomic E-state index is -0.119. The second-order valence-corrected chi connectivity index (χ2v) is 5.57. The molecule has 0 aliphatic rings. The molecule has 0 aliphatic carbocycles. The van der Waals surface area contributed by atoms with Crippen LogP contribution >= 0.6 is 23.4 Å². The number of aromatic nitrogens is 3. The van der Waals surface area contributed by atoms with Crippen LogP contribution in [-0.2, 0) is 11.3 Å². The van der Waals surface area contributed by atoms with Gasteiger partial charge in [0, 0.05) is 6.54 Å². The summed E-state index contributed by atoms with van der Waals surface area (Å²) in [6, 6.07) is 5.52. The highest BCUT2D eigenvalue weighted by atomic mass is 35.5. The first-order valence-electron chi connectivity index (χ1n) is 6.16. The number of hydrogen-bond donors (Lipinski definition) is 1. The van der Waals surface area contributed by atoms with Crippen LogP contribution in [0.3, 0.4) is 0 Å². The number of benzene rings is 1. The lowest BCUT2D eigenvalue weighted by atomic mass is 10.2. The van der Waals surface area contributed by atoms with E-state index in [1.165, 1.54) is 11.8 Å². The molecule has 2 aromatic rings. The molecule has 1 amide bonds. The van der Waals surface area contributed by atoms with Gasteiger partial charge in [-0.15, -0.1) is 10.2 Å². The highest BCUT2D eigenvalue weighted by molar-refractivity contribution is 7.99. The van der Waals surface area contributed by atoms with Gasteiger partial charge in [-0.25, -0.2) is 0 Å². The van der Waals surface area contributed by atoms with Crippen LogP contribution in [0.15, 0.2) is 29.7 Å². The molecule has 0 spiro atoms. The molecule has 0 saturated carbocycles. The zero-order valence-corrected chi connectivity index (χ0v) is 12.8. The molecule has 0 fully saturated rings. The van der Waals surface area contributed by atoms with Gasteiger partial charge in [0.2, 0.25) is 5.91 Å². The molecule has 1 heterocycles. The van der Waals surface area contributed by atoms with Crippen LogP contribution in [0.5, 0.6) is 0 Å². The van der Waals surface area contributed by atoms with Crippen molar-refractivity contribution >= 4 is 35.0 Å². The Bertz CT molecular complexity index is 614. The van der Waals surface area contributed by atoms with Crippen LogP contribution < -0.4 is 5.32 Å². The molecule has 0 radical (unpaired) electrons. The summed E-state index contributed by atoms with van der Waals surface area (Å²) < 4.78 is 1.89. The molecule has 2 rings (SSSR count). The third-order valence-corrected chi connectivity index (χ3v) is 3.95. The minimum absolute atomic E-state index is 0.119. The predicted molar refractivity (Wildman–Crippen MR) is 81.2 cm³/mol. The molecule has 0 saturated heterocycles. The van der Waals surface area contributed by atoms with Crippen LogP contribution in [-0.4, -0.2) is 26.4 Å². The van der Waals surface area contributed by atoms with Crippen molar-refractivity contribution in [2.45, 2.75) is 25.5 Å². The summed E-state index contributed by atoms with van der Waals surface area (Å²) in [6.07, 6.45) is 1.65. The lowest BCUT2D eigenvalue weighted by molar-refractivity contribution is -0.113. The van der Waals surface area contributed by atoms with Gasteiger partial charge in [0.05, 0.1) is 16.5 Å². The van der Waals surface area contributed by atoms with Crippen molar-refractivity contribution < 1.29 is 4.79 Å². The Labute approximate surface area is 126 Å². The first kappa shape index (κ1) is 14.9. The van der Waals surface area contributed by atoms with Crippen LogP contribution in [0.1, 0.15) is 12.5 Å². The topological polar surface area (TPSA) is 59.8 Å². The summed E-state index contributed by atoms with van der Waals surface area (Å²) in [6.45, 7) is 4.73. The first-order chi connectivity index (χ1) is 9.60. The summed E-state index contributed by atoms with van der Waals surface area (Å²) in [5.74, 6) is 0.148. The molecule has 1 N–H and O–H groups in total. The maximum atomic E-state index is 11.9. The molecule has 0 aliphatic heterocycles. The monoisotopic (exact) mass is 310 g/mol. The number of hydrogen-bond acceptors (Lipinski definition) is 4. The second kappa shape index (κ2) is 6.76. The first-order valence-corrected chi connectivity index (χ1v) is 7.53. The molecular formula is C13H15ClN4OS. The highest BCUT2D eigenvalue weighted by Gasteiger charge is 2.09. The maximum absolute atomic E-state index is 11.9. The Kier molecular flexibility index (Phi) is 5.03. The molecule has 0 bridgehead atoms. The molecular weight excluding hydrogens is 296 g/mol. The van der Waals surface area contributed by atoms with Gasteiger partial charge in [-0.2, -0.15) is 0 Å². The maximum Gasteiger partial charge on any atom is 0.234 e. The molecule has 5 nitrogen and oxygen atoms in total. The normalized spacial score (nSPS) is 10.6. The van der Waals surface area contributed by atoms with E-state index < -0.39 is 0 Å². The van der Waals surface area contributed by atoms with E-state index >= 15 is 0 Å². The fourth-order valence-electron chi connectivity index (χ4n) is 1.61. The van der Waals surface area contributed by atoms with E-state index in [1.54, 1.807) is 12.4 Å². The quantitative estimate of drug-likeness (QED) is 0.863. The number of nitrogens with zero attached hydrogens (tertiary/aromatic N) is 3. The van der Waals surface area contributed by atoms with Gasteiger partial charge in [0.1, 0.15) is 6.33 Å². The van der Waals surface area contributed by atoms with Gasteiger partial charge < -0.3 is 9.88 Å². The third kappa shape index (κ3) is 3.74. The largest absolute Gasteiger partial charge is 0.324 e. The van der Waals surface area contributed by atoms with Gasteiger partial charge in [-0.3, -0.25) is 4.79 Å². The number of carbonyl (C=O) groups is 1. The van der Waals surface area contributed by atoms with E-state index in [0.717, 1.165) is 17.3 Å². The van der Waals surface area contributed by atoms with E-state index in [2.05, 4.69) is 15.5 Å². The van der Waals surface area contributed by atoms with Crippen molar-refractivity contribution in [1.82, 2.24) is 14.8 Å². The molecule has 0 atom stereocenters. The van der Waals surface area contributed by atoms with Gasteiger partial charge in [-0.1, -0.05) is 29.4 Å². The number of rotatable bonds is 5. The van der Waals surface area contributed by atoms with Crippen molar-refractivity contribution in [2.24, 2.45) is 0 Å². The minimum Gasteiger partial charge on any atom is -0.324 e. The van der Waals surface area contributed by atoms with Crippen molar-refractivity contribution in [1.29, 1.82) is 0 Å². The van der Waals surface area contributed by atoms with E-state index in [4.69, 9.17) is 11.6 Å². The molecule has 106 valence electrons. The standard InChI is InChI=1S/C13H15ClN4OS/c1-3-18-8-15-17-13(18)20-7-12(19)16-11-5-4-9(2)6-10(11)14/h4-6,8H,3,7H2,1-2H3,(H,16,19). The summed E-state index contributed by atoms with van der Waals surface area (Å²) >= 11 is 7.42. The number of thioether (sulfide) groups is 1. The number of anilines is 1. The second-order valence-electron chi connectivity index (χ2n) is 4.22. The summed E-state index contributed by atoms with van der Waals surface area (Å²) in [7, 11) is 0. The Balaban J connectivity index is 1.93. The average Bonchev–Trinajstić information content (AvgIpc) is 2.87. The Morgan fingerprint density at radius 1 is 1.50 bits per heavy atom. The molecule has 1 aromatic carbocycles. The van der Waals surface area contributed by atoms with Crippen LogP contribution in [0.2, 0.25) is 5.02 Å². The van der Waals surface area contributed by atoms with E-state index in [-0.39, 0.29) is 11.7 Å². The number of halogens is 1. The summed E-state index contributed by atoms with van der Waals surface area (Å²) in [5.41, 5.74) is 1.68. The Morgan fingerprint density at radius 3 is 3.00 bits per heavy atom. The van der Waals surface area contributed by atoms with E-state index in [0.29, 0.717) is 10.7 Å². The predicted octanol–water partition coefficient (Wildman–Crippen LogP) is 2.99. The SMILES string of the molecule is CCn1cnnc1SCC(=O)Nc1ccc(C)cc1Cl. The van der Waals surface area contributed by atoms with Crippen LogP contribution in [0.4, 0.5) is 5.69 Å². The Hall–Kier alpha value is -1.53. The average molecular weight is 311 g/mol. The molecule has 0 unspecified atom stereocenters. The van der Waals surface area contributed by atoms with E-state index in [9.17, 15) is 4.79 Å². The molecule has 7 heteroatoms. The van der Waals surface area contributed by atoms with Crippen LogP contribution in [0, 0.1) is 6.92 Å². The van der Waals surface area contributed by atoms with Gasteiger partial charge in [0.25, 0.3) is 0 Å².